The van der Waals surface area contributed by atoms with Crippen LogP contribution in [0, 0.1) is 51.2 Å². The fourth-order valence-corrected chi connectivity index (χ4v) is 10.7. The van der Waals surface area contributed by atoms with Gasteiger partial charge in [-0.15, -0.1) is 0 Å². The Balaban J connectivity index is 1.52. The maximum Gasteiger partial charge on any atom is 0.0490 e. The molecule has 0 bridgehead atoms. The molecule has 5 fully saturated rings. The molecule has 9 atom stereocenters. The van der Waals surface area contributed by atoms with Crippen LogP contribution in [0.25, 0.3) is 0 Å². The van der Waals surface area contributed by atoms with Crippen LogP contribution in [0.3, 0.4) is 0 Å². The maximum atomic E-state index is 10.3. The molecule has 0 heterocycles. The van der Waals surface area contributed by atoms with Crippen LogP contribution in [-0.2, 0) is 0 Å². The van der Waals surface area contributed by atoms with Crippen LogP contribution < -0.4 is 0 Å². The van der Waals surface area contributed by atoms with E-state index >= 15 is 0 Å². The summed E-state index contributed by atoms with van der Waals surface area (Å²) in [5.74, 6) is 4.56. The zero-order chi connectivity index (χ0) is 19.1. The number of aliphatic hydroxyl groups excluding tert-OH is 1. The Morgan fingerprint density at radius 3 is 2.26 bits per heavy atom. The van der Waals surface area contributed by atoms with Gasteiger partial charge in [-0.05, 0) is 109 Å². The first-order chi connectivity index (χ1) is 12.8. The maximum absolute atomic E-state index is 10.3. The second-order valence-electron chi connectivity index (χ2n) is 12.6. The van der Waals surface area contributed by atoms with Crippen LogP contribution in [0.4, 0.5) is 0 Å². The highest BCUT2D eigenvalue weighted by molar-refractivity contribution is 5.17. The minimum absolute atomic E-state index is 0.299. The SMILES string of the molecule is CC1CCCC2(C)C1CCC1(C)C2CCC2C3CCCC3(CO)CC[C@]21C. The smallest absolute Gasteiger partial charge is 0.0490 e. The topological polar surface area (TPSA) is 20.2 Å². The van der Waals surface area contributed by atoms with Crippen molar-refractivity contribution in [1.82, 2.24) is 0 Å². The summed E-state index contributed by atoms with van der Waals surface area (Å²) >= 11 is 0. The number of hydrogen-bond acceptors (Lipinski definition) is 1. The summed E-state index contributed by atoms with van der Waals surface area (Å²) in [5, 5.41) is 10.3. The Morgan fingerprint density at radius 1 is 0.704 bits per heavy atom. The average Bonchev–Trinajstić information content (AvgIpc) is 3.07. The number of rotatable bonds is 1. The van der Waals surface area contributed by atoms with Gasteiger partial charge in [0.25, 0.3) is 0 Å². The standard InChI is InChI=1S/C26H44O/c1-18-7-5-12-23(2)19(18)11-14-25(4)22(23)10-9-20-21-8-6-13-26(21,17-27)16-15-24(20,25)3/h18-22,27H,5-17H2,1-4H3/t18?,19?,20?,21?,22?,23?,24-,25?,26?/m1/s1. The fraction of sp³-hybridized carbons (Fsp3) is 1.00. The van der Waals surface area contributed by atoms with Gasteiger partial charge in [0.05, 0.1) is 0 Å². The molecule has 1 heteroatoms. The van der Waals surface area contributed by atoms with Crippen LogP contribution in [0.1, 0.15) is 105 Å². The summed E-state index contributed by atoms with van der Waals surface area (Å²) in [6.07, 6.45) is 17.1. The second kappa shape index (κ2) is 5.99. The highest BCUT2D eigenvalue weighted by Crippen LogP contribution is 2.75. The molecule has 0 amide bonds. The summed E-state index contributed by atoms with van der Waals surface area (Å²) in [5.41, 5.74) is 1.94. The molecule has 154 valence electrons. The molecule has 5 aliphatic carbocycles. The highest BCUT2D eigenvalue weighted by Gasteiger charge is 2.68. The van der Waals surface area contributed by atoms with Gasteiger partial charge in [-0.1, -0.05) is 47.0 Å². The molecular weight excluding hydrogens is 328 g/mol. The zero-order valence-electron chi connectivity index (χ0n) is 18.5. The number of hydrogen-bond donors (Lipinski definition) is 1. The van der Waals surface area contributed by atoms with Crippen LogP contribution >= 0.6 is 0 Å². The van der Waals surface area contributed by atoms with Gasteiger partial charge in [0.15, 0.2) is 0 Å². The molecule has 1 nitrogen and oxygen atoms in total. The molecule has 1 N–H and O–H groups in total. The van der Waals surface area contributed by atoms with Crippen LogP contribution in [0.15, 0.2) is 0 Å². The predicted molar refractivity (Wildman–Crippen MR) is 112 cm³/mol. The summed E-state index contributed by atoms with van der Waals surface area (Å²) in [6, 6.07) is 0. The molecule has 0 aromatic heterocycles. The van der Waals surface area contributed by atoms with E-state index in [1.807, 2.05) is 0 Å². The zero-order valence-corrected chi connectivity index (χ0v) is 18.5. The van der Waals surface area contributed by atoms with Crippen molar-refractivity contribution in [1.29, 1.82) is 0 Å². The van der Waals surface area contributed by atoms with Crippen molar-refractivity contribution in [2.24, 2.45) is 51.2 Å². The lowest BCUT2D eigenvalue weighted by Crippen LogP contribution is -2.64. The van der Waals surface area contributed by atoms with Crippen molar-refractivity contribution in [3.05, 3.63) is 0 Å². The molecule has 0 aromatic rings. The summed E-state index contributed by atoms with van der Waals surface area (Å²) in [4.78, 5) is 0. The van der Waals surface area contributed by atoms with Gasteiger partial charge in [0.1, 0.15) is 0 Å². The van der Waals surface area contributed by atoms with Gasteiger partial charge in [-0.2, -0.15) is 0 Å². The van der Waals surface area contributed by atoms with Crippen molar-refractivity contribution in [2.45, 2.75) is 105 Å². The molecule has 0 radical (unpaired) electrons. The lowest BCUT2D eigenvalue weighted by atomic mass is 9.33. The van der Waals surface area contributed by atoms with E-state index in [0.717, 1.165) is 29.6 Å². The lowest BCUT2D eigenvalue weighted by Gasteiger charge is -2.71. The predicted octanol–water partition coefficient (Wildman–Crippen LogP) is 6.83. The van der Waals surface area contributed by atoms with Crippen molar-refractivity contribution >= 4 is 0 Å². The third-order valence-electron chi connectivity index (χ3n) is 12.3. The van der Waals surface area contributed by atoms with E-state index in [4.69, 9.17) is 0 Å². The molecule has 0 saturated heterocycles. The minimum atomic E-state index is 0.299. The van der Waals surface area contributed by atoms with E-state index in [1.165, 1.54) is 77.0 Å². The van der Waals surface area contributed by atoms with E-state index in [1.54, 1.807) is 0 Å². The largest absolute Gasteiger partial charge is 0.396 e. The molecule has 5 saturated carbocycles. The van der Waals surface area contributed by atoms with Gasteiger partial charge in [0.2, 0.25) is 0 Å². The molecule has 5 aliphatic rings. The van der Waals surface area contributed by atoms with E-state index in [2.05, 4.69) is 27.7 Å². The first-order valence-corrected chi connectivity index (χ1v) is 12.4. The number of aliphatic hydroxyl groups is 1. The second-order valence-corrected chi connectivity index (χ2v) is 12.6. The van der Waals surface area contributed by atoms with E-state index < -0.39 is 0 Å². The normalized spacial score (nSPS) is 60.1. The van der Waals surface area contributed by atoms with Crippen molar-refractivity contribution in [2.75, 3.05) is 6.61 Å². The van der Waals surface area contributed by atoms with E-state index in [0.29, 0.717) is 28.3 Å². The molecule has 0 aliphatic heterocycles. The average molecular weight is 373 g/mol. The summed E-state index contributed by atoms with van der Waals surface area (Å²) in [7, 11) is 0. The van der Waals surface area contributed by atoms with Crippen LogP contribution in [0.2, 0.25) is 0 Å². The summed E-state index contributed by atoms with van der Waals surface area (Å²) in [6.45, 7) is 11.2. The first-order valence-electron chi connectivity index (χ1n) is 12.4. The van der Waals surface area contributed by atoms with E-state index in [9.17, 15) is 5.11 Å². The highest BCUT2D eigenvalue weighted by atomic mass is 16.3. The van der Waals surface area contributed by atoms with Gasteiger partial charge in [-0.25, -0.2) is 0 Å². The van der Waals surface area contributed by atoms with Crippen LogP contribution in [0.5, 0.6) is 0 Å². The van der Waals surface area contributed by atoms with Gasteiger partial charge < -0.3 is 5.11 Å². The summed E-state index contributed by atoms with van der Waals surface area (Å²) < 4.78 is 0. The minimum Gasteiger partial charge on any atom is -0.396 e. The lowest BCUT2D eigenvalue weighted by molar-refractivity contribution is -0.228. The Labute approximate surface area is 168 Å². The molecule has 5 rings (SSSR count). The Morgan fingerprint density at radius 2 is 1.48 bits per heavy atom. The van der Waals surface area contributed by atoms with Gasteiger partial charge in [0, 0.05) is 6.61 Å². The Kier molecular flexibility index (Phi) is 4.21. The fourth-order valence-electron chi connectivity index (χ4n) is 10.7. The third-order valence-corrected chi connectivity index (χ3v) is 12.3. The molecule has 0 aromatic carbocycles. The Hall–Kier alpha value is -0.0400. The molecule has 0 spiro atoms. The molecule has 27 heavy (non-hydrogen) atoms. The first kappa shape index (κ1) is 19.0. The van der Waals surface area contributed by atoms with Crippen molar-refractivity contribution in [3.8, 4) is 0 Å². The van der Waals surface area contributed by atoms with Crippen LogP contribution in [-0.4, -0.2) is 11.7 Å². The Bertz CT molecular complexity index is 599. The quantitative estimate of drug-likeness (QED) is 0.534. The van der Waals surface area contributed by atoms with Gasteiger partial charge in [-0.3, -0.25) is 0 Å². The number of fused-ring (bicyclic) bond motifs is 7. The molecule has 8 unspecified atom stereocenters. The van der Waals surface area contributed by atoms with Gasteiger partial charge >= 0.3 is 0 Å². The van der Waals surface area contributed by atoms with Crippen molar-refractivity contribution < 1.29 is 5.11 Å². The third kappa shape index (κ3) is 2.22. The monoisotopic (exact) mass is 372 g/mol. The van der Waals surface area contributed by atoms with Crippen molar-refractivity contribution in [3.63, 3.8) is 0 Å². The molecular formula is C26H44O. The van der Waals surface area contributed by atoms with E-state index in [-0.39, 0.29) is 0 Å².